The third-order valence-electron chi connectivity index (χ3n) is 4.98. The van der Waals surface area contributed by atoms with Gasteiger partial charge in [0.1, 0.15) is 5.92 Å². The summed E-state index contributed by atoms with van der Waals surface area (Å²) in [5, 5.41) is 8.05. The monoisotopic (exact) mass is 373 g/mol. The van der Waals surface area contributed by atoms with Crippen molar-refractivity contribution in [3.63, 3.8) is 0 Å². The number of hydrogen-bond acceptors (Lipinski definition) is 5. The second-order valence-corrected chi connectivity index (χ2v) is 7.27. The number of ketones is 1. The zero-order valence-corrected chi connectivity index (χ0v) is 16.1. The molecule has 1 aromatic carbocycles. The number of imide groups is 1. The Kier molecular flexibility index (Phi) is 6.85. The van der Waals surface area contributed by atoms with Gasteiger partial charge in [0, 0.05) is 12.5 Å². The summed E-state index contributed by atoms with van der Waals surface area (Å²) in [6.45, 7) is 5.15. The third-order valence-corrected chi connectivity index (χ3v) is 4.98. The van der Waals surface area contributed by atoms with Crippen LogP contribution in [0.3, 0.4) is 0 Å². The molecule has 0 bridgehead atoms. The Labute approximate surface area is 159 Å². The smallest absolute Gasteiger partial charge is 0.238 e. The molecule has 7 nitrogen and oxygen atoms in total. The van der Waals surface area contributed by atoms with Crippen LogP contribution in [0.15, 0.2) is 30.3 Å². The van der Waals surface area contributed by atoms with Gasteiger partial charge >= 0.3 is 0 Å². The quantitative estimate of drug-likeness (QED) is 0.465. The van der Waals surface area contributed by atoms with Crippen LogP contribution < -0.4 is 16.0 Å². The Balaban J connectivity index is 2.09. The van der Waals surface area contributed by atoms with E-state index in [0.29, 0.717) is 0 Å². The maximum atomic E-state index is 12.9. The first kappa shape index (κ1) is 20.8. The average molecular weight is 373 g/mol. The van der Waals surface area contributed by atoms with Gasteiger partial charge in [-0.25, -0.2) is 0 Å². The normalized spacial score (nSPS) is 21.7. The minimum atomic E-state index is -1.06. The summed E-state index contributed by atoms with van der Waals surface area (Å²) in [5.41, 5.74) is 0.969. The second kappa shape index (κ2) is 8.90. The molecule has 0 aromatic heterocycles. The lowest BCUT2D eigenvalue weighted by molar-refractivity contribution is -0.137. The van der Waals surface area contributed by atoms with E-state index in [1.165, 1.54) is 0 Å². The van der Waals surface area contributed by atoms with Crippen molar-refractivity contribution in [1.82, 2.24) is 16.0 Å². The van der Waals surface area contributed by atoms with Gasteiger partial charge < -0.3 is 10.6 Å². The topological polar surface area (TPSA) is 104 Å². The highest BCUT2D eigenvalue weighted by molar-refractivity contribution is 6.16. The summed E-state index contributed by atoms with van der Waals surface area (Å²) < 4.78 is 0. The van der Waals surface area contributed by atoms with Crippen LogP contribution in [-0.4, -0.2) is 36.6 Å². The number of nitrogens with one attached hydrogen (secondary N) is 3. The first-order valence-corrected chi connectivity index (χ1v) is 9.16. The Bertz CT molecular complexity index is 717. The molecule has 1 aliphatic heterocycles. The van der Waals surface area contributed by atoms with Crippen molar-refractivity contribution in [2.75, 3.05) is 7.05 Å². The van der Waals surface area contributed by atoms with Gasteiger partial charge in [0.15, 0.2) is 5.78 Å². The Morgan fingerprint density at radius 3 is 2.22 bits per heavy atom. The maximum absolute atomic E-state index is 12.9. The predicted octanol–water partition coefficient (Wildman–Crippen LogP) is 0.956. The van der Waals surface area contributed by atoms with Crippen molar-refractivity contribution in [1.29, 1.82) is 0 Å². The number of carbonyl (C=O) groups is 4. The van der Waals surface area contributed by atoms with Crippen LogP contribution >= 0.6 is 0 Å². The van der Waals surface area contributed by atoms with Gasteiger partial charge in [-0.15, -0.1) is 0 Å². The lowest BCUT2D eigenvalue weighted by Gasteiger charge is -2.25. The molecule has 1 aliphatic rings. The zero-order valence-electron chi connectivity index (χ0n) is 16.1. The Morgan fingerprint density at radius 1 is 1.11 bits per heavy atom. The summed E-state index contributed by atoms with van der Waals surface area (Å²) in [7, 11) is 1.77. The molecule has 0 aliphatic carbocycles. The molecule has 27 heavy (non-hydrogen) atoms. The molecule has 0 spiro atoms. The summed E-state index contributed by atoms with van der Waals surface area (Å²) in [6, 6.07) is 8.54. The highest BCUT2D eigenvalue weighted by Crippen LogP contribution is 2.23. The molecule has 0 saturated carbocycles. The van der Waals surface area contributed by atoms with E-state index < -0.39 is 35.5 Å². The van der Waals surface area contributed by atoms with E-state index in [-0.39, 0.29) is 24.3 Å². The van der Waals surface area contributed by atoms with Crippen molar-refractivity contribution in [3.05, 3.63) is 35.9 Å². The van der Waals surface area contributed by atoms with Gasteiger partial charge in [-0.1, -0.05) is 51.1 Å². The van der Waals surface area contributed by atoms with Crippen LogP contribution in [0.4, 0.5) is 0 Å². The van der Waals surface area contributed by atoms with Gasteiger partial charge in [0.05, 0.1) is 12.0 Å². The van der Waals surface area contributed by atoms with Crippen LogP contribution in [0.5, 0.6) is 0 Å². The van der Waals surface area contributed by atoms with Gasteiger partial charge in [-0.05, 0) is 18.5 Å². The standard InChI is InChI=1S/C20H27N3O4/c1-11(2)17(18(25)16-12(3)19(26)23-20(16)27)22-15(24)10-14(21-4)13-8-6-5-7-9-13/h5-9,11-12,14,16-17,21H,10H2,1-4H3,(H,22,24)(H,23,26,27)/t12-,14-,16+,17-/m0/s1. The van der Waals surface area contributed by atoms with Gasteiger partial charge in [-0.3, -0.25) is 24.5 Å². The highest BCUT2D eigenvalue weighted by Gasteiger charge is 2.46. The summed E-state index contributed by atoms with van der Waals surface area (Å²) >= 11 is 0. The van der Waals surface area contributed by atoms with E-state index in [1.54, 1.807) is 27.8 Å². The van der Waals surface area contributed by atoms with Gasteiger partial charge in [0.2, 0.25) is 17.7 Å². The molecule has 2 rings (SSSR count). The van der Waals surface area contributed by atoms with E-state index in [0.717, 1.165) is 5.56 Å². The van der Waals surface area contributed by atoms with Crippen LogP contribution in [0.25, 0.3) is 0 Å². The summed E-state index contributed by atoms with van der Waals surface area (Å²) in [6.07, 6.45) is 0.155. The minimum absolute atomic E-state index is 0.155. The van der Waals surface area contributed by atoms with E-state index in [4.69, 9.17) is 0 Å². The molecule has 1 aromatic rings. The fourth-order valence-electron chi connectivity index (χ4n) is 3.32. The Hall–Kier alpha value is -2.54. The molecule has 0 radical (unpaired) electrons. The molecule has 3 amide bonds. The highest BCUT2D eigenvalue weighted by atomic mass is 16.2. The van der Waals surface area contributed by atoms with Gasteiger partial charge in [0.25, 0.3) is 0 Å². The van der Waals surface area contributed by atoms with Crippen LogP contribution in [0.2, 0.25) is 0 Å². The first-order chi connectivity index (χ1) is 12.8. The van der Waals surface area contributed by atoms with Gasteiger partial charge in [-0.2, -0.15) is 0 Å². The number of benzene rings is 1. The molecular weight excluding hydrogens is 346 g/mol. The number of hydrogen-bond donors (Lipinski definition) is 3. The molecule has 0 unspecified atom stereocenters. The van der Waals surface area contributed by atoms with E-state index in [9.17, 15) is 19.2 Å². The predicted molar refractivity (Wildman–Crippen MR) is 100 cm³/mol. The molecule has 146 valence electrons. The largest absolute Gasteiger partial charge is 0.346 e. The molecule has 3 N–H and O–H groups in total. The molecular formula is C20H27N3O4. The average Bonchev–Trinajstić information content (AvgIpc) is 2.89. The van der Waals surface area contributed by atoms with E-state index in [2.05, 4.69) is 16.0 Å². The lowest BCUT2D eigenvalue weighted by Crippen LogP contribution is -2.49. The van der Waals surface area contributed by atoms with E-state index in [1.807, 2.05) is 30.3 Å². The molecule has 1 fully saturated rings. The Morgan fingerprint density at radius 2 is 1.74 bits per heavy atom. The fraction of sp³-hybridized carbons (Fsp3) is 0.500. The third kappa shape index (κ3) is 4.80. The van der Waals surface area contributed by atoms with Crippen molar-refractivity contribution in [3.8, 4) is 0 Å². The first-order valence-electron chi connectivity index (χ1n) is 9.16. The van der Waals surface area contributed by atoms with Crippen LogP contribution in [-0.2, 0) is 19.2 Å². The number of rotatable bonds is 8. The van der Waals surface area contributed by atoms with Crippen molar-refractivity contribution < 1.29 is 19.2 Å². The number of Topliss-reactive ketones (excluding diaryl/α,β-unsaturated/α-hetero) is 1. The number of carbonyl (C=O) groups excluding carboxylic acids is 4. The zero-order chi connectivity index (χ0) is 20.1. The van der Waals surface area contributed by atoms with Crippen LogP contribution in [0.1, 0.15) is 38.8 Å². The SMILES string of the molecule is CN[C@@H](CC(=O)N[C@H](C(=O)[C@@H]1C(=O)NC(=O)[C@H]1C)C(C)C)c1ccccc1. The molecule has 7 heteroatoms. The van der Waals surface area contributed by atoms with Crippen molar-refractivity contribution in [2.45, 2.75) is 39.3 Å². The minimum Gasteiger partial charge on any atom is -0.346 e. The van der Waals surface area contributed by atoms with Crippen molar-refractivity contribution >= 4 is 23.5 Å². The molecule has 1 saturated heterocycles. The number of amides is 3. The second-order valence-electron chi connectivity index (χ2n) is 7.27. The fourth-order valence-corrected chi connectivity index (χ4v) is 3.32. The van der Waals surface area contributed by atoms with Crippen molar-refractivity contribution in [2.24, 2.45) is 17.8 Å². The summed E-state index contributed by atoms with van der Waals surface area (Å²) in [5.74, 6) is -3.74. The van der Waals surface area contributed by atoms with Crippen LogP contribution in [0, 0.1) is 17.8 Å². The molecule has 1 heterocycles. The maximum Gasteiger partial charge on any atom is 0.238 e. The summed E-state index contributed by atoms with van der Waals surface area (Å²) in [4.78, 5) is 49.1. The lowest BCUT2D eigenvalue weighted by atomic mass is 9.85. The molecule has 4 atom stereocenters. The van der Waals surface area contributed by atoms with E-state index >= 15 is 0 Å².